The molecule has 1 aromatic heterocycles. The van der Waals surface area contributed by atoms with Crippen molar-refractivity contribution in [2.24, 2.45) is 0 Å². The number of pyridine rings is 1. The molecule has 1 saturated heterocycles. The number of hydrogen-bond acceptors (Lipinski definition) is 2. The second-order valence-electron chi connectivity index (χ2n) is 5.36. The van der Waals surface area contributed by atoms with Gasteiger partial charge in [0.25, 0.3) is 5.91 Å². The first-order valence-corrected chi connectivity index (χ1v) is 7.16. The van der Waals surface area contributed by atoms with Gasteiger partial charge in [-0.25, -0.2) is 4.98 Å². The summed E-state index contributed by atoms with van der Waals surface area (Å²) >= 11 is 0. The number of likely N-dealkylation sites (tertiary alicyclic amines) is 1. The lowest BCUT2D eigenvalue weighted by Crippen LogP contribution is -2.31. The van der Waals surface area contributed by atoms with Crippen molar-refractivity contribution in [3.63, 3.8) is 0 Å². The highest BCUT2D eigenvalue weighted by Crippen LogP contribution is 2.34. The maximum absolute atomic E-state index is 13.2. The number of benzene rings is 1. The number of amides is 1. The van der Waals surface area contributed by atoms with Gasteiger partial charge in [0, 0.05) is 6.54 Å². The number of aromatic nitrogens is 1. The van der Waals surface area contributed by atoms with E-state index in [1.54, 1.807) is 6.07 Å². The van der Waals surface area contributed by atoms with Crippen molar-refractivity contribution < 1.29 is 9.18 Å². The number of rotatable bonds is 2. The van der Waals surface area contributed by atoms with Crippen molar-refractivity contribution in [3.05, 3.63) is 65.2 Å². The minimum atomic E-state index is -0.618. The van der Waals surface area contributed by atoms with E-state index < -0.39 is 5.95 Å². The Labute approximate surface area is 123 Å². The molecule has 3 rings (SSSR count). The number of aryl methyl sites for hydroxylation is 1. The summed E-state index contributed by atoms with van der Waals surface area (Å²) in [5.41, 5.74) is 2.52. The van der Waals surface area contributed by atoms with Crippen LogP contribution < -0.4 is 0 Å². The largest absolute Gasteiger partial charge is 0.330 e. The predicted octanol–water partition coefficient (Wildman–Crippen LogP) is 3.51. The van der Waals surface area contributed by atoms with Crippen molar-refractivity contribution >= 4 is 5.91 Å². The molecule has 1 fully saturated rings. The van der Waals surface area contributed by atoms with E-state index in [-0.39, 0.29) is 17.6 Å². The molecule has 1 aromatic carbocycles. The van der Waals surface area contributed by atoms with Gasteiger partial charge < -0.3 is 4.90 Å². The highest BCUT2D eigenvalue weighted by atomic mass is 19.1. The molecule has 0 radical (unpaired) electrons. The van der Waals surface area contributed by atoms with E-state index in [9.17, 15) is 9.18 Å². The lowest BCUT2D eigenvalue weighted by molar-refractivity contribution is 0.0728. The van der Waals surface area contributed by atoms with E-state index in [4.69, 9.17) is 0 Å². The topological polar surface area (TPSA) is 33.2 Å². The second kappa shape index (κ2) is 5.64. The lowest BCUT2D eigenvalue weighted by atomic mass is 9.99. The van der Waals surface area contributed by atoms with Gasteiger partial charge in [-0.2, -0.15) is 4.39 Å². The molecule has 4 heteroatoms. The van der Waals surface area contributed by atoms with Crippen molar-refractivity contribution in [1.82, 2.24) is 9.88 Å². The van der Waals surface area contributed by atoms with Gasteiger partial charge in [-0.05, 0) is 43.0 Å². The Hall–Kier alpha value is -2.23. The van der Waals surface area contributed by atoms with Crippen LogP contribution in [0.4, 0.5) is 4.39 Å². The van der Waals surface area contributed by atoms with Crippen molar-refractivity contribution in [1.29, 1.82) is 0 Å². The van der Waals surface area contributed by atoms with Crippen LogP contribution in [-0.2, 0) is 0 Å². The maximum atomic E-state index is 13.2. The van der Waals surface area contributed by atoms with Gasteiger partial charge in [-0.15, -0.1) is 0 Å². The molecular formula is C17H17FN2O. The van der Waals surface area contributed by atoms with E-state index in [2.05, 4.69) is 24.0 Å². The van der Waals surface area contributed by atoms with Gasteiger partial charge in [-0.1, -0.05) is 30.3 Å². The summed E-state index contributed by atoms with van der Waals surface area (Å²) < 4.78 is 13.2. The zero-order chi connectivity index (χ0) is 14.8. The number of hydrogen-bond donors (Lipinski definition) is 0. The molecule has 1 amide bonds. The standard InChI is InChI=1S/C17H17FN2O/c1-12-6-2-3-7-13(12)15-9-5-11-20(15)17(21)14-8-4-10-16(18)19-14/h2-4,6-8,10,15H,5,9,11H2,1H3. The molecule has 108 valence electrons. The van der Waals surface area contributed by atoms with Crippen molar-refractivity contribution in [2.45, 2.75) is 25.8 Å². The first-order valence-electron chi connectivity index (χ1n) is 7.16. The van der Waals surface area contributed by atoms with Crippen LogP contribution >= 0.6 is 0 Å². The van der Waals surface area contributed by atoms with E-state index in [0.29, 0.717) is 6.54 Å². The molecule has 0 N–H and O–H groups in total. The molecular weight excluding hydrogens is 267 g/mol. The fraction of sp³-hybridized carbons (Fsp3) is 0.294. The number of carbonyl (C=O) groups excluding carboxylic acids is 1. The lowest BCUT2D eigenvalue weighted by Gasteiger charge is -2.26. The molecule has 0 bridgehead atoms. The Morgan fingerprint density at radius 3 is 2.81 bits per heavy atom. The Morgan fingerprint density at radius 2 is 2.05 bits per heavy atom. The third kappa shape index (κ3) is 2.66. The first kappa shape index (κ1) is 13.7. The van der Waals surface area contributed by atoms with Crippen LogP contribution in [0.25, 0.3) is 0 Å². The quantitative estimate of drug-likeness (QED) is 0.791. The Balaban J connectivity index is 1.91. The van der Waals surface area contributed by atoms with E-state index in [1.165, 1.54) is 23.3 Å². The molecule has 1 atom stereocenters. The molecule has 21 heavy (non-hydrogen) atoms. The highest BCUT2D eigenvalue weighted by molar-refractivity contribution is 5.92. The van der Waals surface area contributed by atoms with Gasteiger partial charge in [0.1, 0.15) is 5.69 Å². The van der Waals surface area contributed by atoms with Crippen LogP contribution in [0.3, 0.4) is 0 Å². The Bertz CT molecular complexity index is 671. The van der Waals surface area contributed by atoms with Crippen molar-refractivity contribution in [3.8, 4) is 0 Å². The van der Waals surface area contributed by atoms with Gasteiger partial charge in [-0.3, -0.25) is 4.79 Å². The molecule has 0 spiro atoms. The monoisotopic (exact) mass is 284 g/mol. The van der Waals surface area contributed by atoms with Crippen LogP contribution in [0.5, 0.6) is 0 Å². The third-order valence-electron chi connectivity index (χ3n) is 4.00. The van der Waals surface area contributed by atoms with Gasteiger partial charge in [0.15, 0.2) is 0 Å². The summed E-state index contributed by atoms with van der Waals surface area (Å²) in [6.07, 6.45) is 1.89. The average molecular weight is 284 g/mol. The predicted molar refractivity (Wildman–Crippen MR) is 78.4 cm³/mol. The fourth-order valence-electron chi connectivity index (χ4n) is 2.97. The average Bonchev–Trinajstić information content (AvgIpc) is 2.96. The molecule has 0 saturated carbocycles. The van der Waals surface area contributed by atoms with Crippen molar-refractivity contribution in [2.75, 3.05) is 6.54 Å². The number of halogens is 1. The van der Waals surface area contributed by atoms with E-state index >= 15 is 0 Å². The van der Waals surface area contributed by atoms with Crippen LogP contribution in [0, 0.1) is 12.9 Å². The first-order chi connectivity index (χ1) is 10.2. The minimum absolute atomic E-state index is 0.0590. The second-order valence-corrected chi connectivity index (χ2v) is 5.36. The molecule has 1 aliphatic rings. The summed E-state index contributed by atoms with van der Waals surface area (Å²) in [7, 11) is 0. The molecule has 3 nitrogen and oxygen atoms in total. The SMILES string of the molecule is Cc1ccccc1C1CCCN1C(=O)c1cccc(F)n1. The third-order valence-corrected chi connectivity index (χ3v) is 4.00. The van der Waals surface area contributed by atoms with E-state index in [1.807, 2.05) is 17.0 Å². The summed E-state index contributed by atoms with van der Waals surface area (Å²) in [4.78, 5) is 18.1. The maximum Gasteiger partial charge on any atom is 0.273 e. The number of nitrogens with zero attached hydrogens (tertiary/aromatic N) is 2. The fourth-order valence-corrected chi connectivity index (χ4v) is 2.97. The summed E-state index contributed by atoms with van der Waals surface area (Å²) in [5.74, 6) is -0.812. The van der Waals surface area contributed by atoms with Gasteiger partial charge in [0.2, 0.25) is 5.95 Å². The smallest absolute Gasteiger partial charge is 0.273 e. The minimum Gasteiger partial charge on any atom is -0.330 e. The van der Waals surface area contributed by atoms with Gasteiger partial charge in [0.05, 0.1) is 6.04 Å². The van der Waals surface area contributed by atoms with Crippen LogP contribution in [-0.4, -0.2) is 22.3 Å². The Morgan fingerprint density at radius 1 is 1.24 bits per heavy atom. The zero-order valence-electron chi connectivity index (χ0n) is 11.9. The van der Waals surface area contributed by atoms with Crippen LogP contribution in [0.15, 0.2) is 42.5 Å². The van der Waals surface area contributed by atoms with Crippen LogP contribution in [0.1, 0.15) is 40.5 Å². The van der Waals surface area contributed by atoms with E-state index in [0.717, 1.165) is 12.8 Å². The molecule has 0 aliphatic carbocycles. The summed E-state index contributed by atoms with van der Waals surface area (Å²) in [6, 6.07) is 12.5. The zero-order valence-corrected chi connectivity index (χ0v) is 11.9. The molecule has 2 aromatic rings. The normalized spacial score (nSPS) is 18.0. The highest BCUT2D eigenvalue weighted by Gasteiger charge is 2.31. The van der Waals surface area contributed by atoms with Gasteiger partial charge >= 0.3 is 0 Å². The summed E-state index contributed by atoms with van der Waals surface area (Å²) in [6.45, 7) is 2.74. The molecule has 1 aliphatic heterocycles. The Kier molecular flexibility index (Phi) is 3.69. The summed E-state index contributed by atoms with van der Waals surface area (Å²) in [5, 5.41) is 0. The van der Waals surface area contributed by atoms with Crippen LogP contribution in [0.2, 0.25) is 0 Å². The molecule has 1 unspecified atom stereocenters. The molecule has 2 heterocycles. The number of carbonyl (C=O) groups is 1.